The van der Waals surface area contributed by atoms with Gasteiger partial charge in [0, 0.05) is 13.0 Å². The van der Waals surface area contributed by atoms with Crippen LogP contribution in [0, 0.1) is 0 Å². The number of ether oxygens (including phenoxy) is 1. The average Bonchev–Trinajstić information content (AvgIpc) is 2.84. The molecule has 0 aromatic carbocycles. The van der Waals surface area contributed by atoms with Crippen LogP contribution in [0.2, 0.25) is 0 Å². The predicted molar refractivity (Wildman–Crippen MR) is 66.7 cm³/mol. The molecule has 0 aliphatic carbocycles. The van der Waals surface area contributed by atoms with Gasteiger partial charge in [0.15, 0.2) is 11.5 Å². The summed E-state index contributed by atoms with van der Waals surface area (Å²) in [7, 11) is 1.46. The lowest BCUT2D eigenvalue weighted by atomic mass is 10.3. The molecule has 8 heteroatoms. The molecule has 0 unspecified atom stereocenters. The molecule has 2 heterocycles. The number of ketones is 1. The summed E-state index contributed by atoms with van der Waals surface area (Å²) in [5.41, 5.74) is 0.150. The van der Waals surface area contributed by atoms with Gasteiger partial charge in [0.2, 0.25) is 5.88 Å². The molecule has 0 amide bonds. The third-order valence-electron chi connectivity index (χ3n) is 2.22. The highest BCUT2D eigenvalue weighted by atomic mass is 32.1. The molecule has 0 atom stereocenters. The maximum Gasteiger partial charge on any atom is 0.356 e. The van der Waals surface area contributed by atoms with Crippen molar-refractivity contribution in [2.75, 3.05) is 7.11 Å². The summed E-state index contributed by atoms with van der Waals surface area (Å²) in [4.78, 5) is 34.3. The van der Waals surface area contributed by atoms with Gasteiger partial charge in [-0.3, -0.25) is 4.79 Å². The van der Waals surface area contributed by atoms with Gasteiger partial charge in [0.05, 0.1) is 7.11 Å². The summed E-state index contributed by atoms with van der Waals surface area (Å²) in [5.74, 6) is -1.25. The molecule has 7 nitrogen and oxygen atoms in total. The number of methoxy groups -OCH3 is 1. The van der Waals surface area contributed by atoms with Gasteiger partial charge in [0.1, 0.15) is 21.9 Å². The molecule has 2 rings (SSSR count). The van der Waals surface area contributed by atoms with Crippen molar-refractivity contribution in [2.45, 2.75) is 6.92 Å². The smallest absolute Gasteiger partial charge is 0.356 e. The number of carboxylic acids is 1. The second-order valence-electron chi connectivity index (χ2n) is 3.50. The van der Waals surface area contributed by atoms with Crippen LogP contribution in [0.5, 0.6) is 5.88 Å². The molecule has 1 N–H and O–H groups in total. The number of thiazole rings is 1. The predicted octanol–water partition coefficient (Wildman–Crippen LogP) is 1.51. The highest BCUT2D eigenvalue weighted by molar-refractivity contribution is 7.17. The molecular formula is C11H9N3O4S. The number of carbonyl (C=O) groups excluding carboxylic acids is 1. The Morgan fingerprint density at radius 2 is 2.11 bits per heavy atom. The largest absolute Gasteiger partial charge is 0.481 e. The molecule has 0 radical (unpaired) electrons. The zero-order chi connectivity index (χ0) is 14.0. The fraction of sp³-hybridized carbons (Fsp3) is 0.182. The molecule has 2 aromatic rings. The minimum absolute atomic E-state index is 0.0973. The number of aromatic nitrogens is 3. The molecule has 0 saturated heterocycles. The van der Waals surface area contributed by atoms with E-state index >= 15 is 0 Å². The zero-order valence-electron chi connectivity index (χ0n) is 10.1. The molecule has 19 heavy (non-hydrogen) atoms. The number of rotatable bonds is 4. The van der Waals surface area contributed by atoms with E-state index in [-0.39, 0.29) is 16.4 Å². The van der Waals surface area contributed by atoms with Gasteiger partial charge in [-0.25, -0.2) is 19.7 Å². The highest BCUT2D eigenvalue weighted by Crippen LogP contribution is 2.28. The van der Waals surface area contributed by atoms with Crippen molar-refractivity contribution in [1.29, 1.82) is 0 Å². The number of hydrogen-bond acceptors (Lipinski definition) is 7. The molecule has 98 valence electrons. The maximum atomic E-state index is 11.4. The summed E-state index contributed by atoms with van der Waals surface area (Å²) in [6, 6.07) is 1.52. The van der Waals surface area contributed by atoms with Crippen LogP contribution in [0.3, 0.4) is 0 Å². The fourth-order valence-corrected chi connectivity index (χ4v) is 2.30. The van der Waals surface area contributed by atoms with E-state index in [4.69, 9.17) is 9.84 Å². The second-order valence-corrected chi connectivity index (χ2v) is 4.50. The van der Waals surface area contributed by atoms with Crippen LogP contribution in [0.1, 0.15) is 27.1 Å². The van der Waals surface area contributed by atoms with Crippen LogP contribution in [0.25, 0.3) is 10.7 Å². The number of Topliss-reactive ketones (excluding diaryl/α,β-unsaturated/α-hetero) is 1. The Labute approximate surface area is 111 Å². The minimum Gasteiger partial charge on any atom is -0.481 e. The lowest BCUT2D eigenvalue weighted by molar-refractivity contribution is 0.0687. The van der Waals surface area contributed by atoms with Crippen molar-refractivity contribution in [2.24, 2.45) is 0 Å². The van der Waals surface area contributed by atoms with Crippen molar-refractivity contribution >= 4 is 23.1 Å². The SMILES string of the molecule is COc1cc(-c2nc(C(=O)O)c(C(C)=O)s2)ncn1. The Hall–Kier alpha value is -2.35. The molecule has 0 bridgehead atoms. The first-order chi connectivity index (χ1) is 9.02. The average molecular weight is 279 g/mol. The van der Waals surface area contributed by atoms with Gasteiger partial charge in [-0.1, -0.05) is 0 Å². The lowest BCUT2D eigenvalue weighted by Gasteiger charge is -1.98. The summed E-state index contributed by atoms with van der Waals surface area (Å²) < 4.78 is 4.95. The number of aromatic carboxylic acids is 1. The topological polar surface area (TPSA) is 102 Å². The standard InChI is InChI=1S/C11H9N3O4S/c1-5(15)9-8(11(16)17)14-10(19-9)6-3-7(18-2)13-4-12-6/h3-4H,1-2H3,(H,16,17). The van der Waals surface area contributed by atoms with E-state index in [1.54, 1.807) is 0 Å². The van der Waals surface area contributed by atoms with E-state index < -0.39 is 5.97 Å². The molecule has 0 aliphatic rings. The number of carboxylic acid groups (broad SMARTS) is 1. The van der Waals surface area contributed by atoms with Crippen LogP contribution < -0.4 is 4.74 Å². The quantitative estimate of drug-likeness (QED) is 0.846. The normalized spacial score (nSPS) is 10.2. The Morgan fingerprint density at radius 3 is 2.63 bits per heavy atom. The maximum absolute atomic E-state index is 11.4. The number of nitrogens with zero attached hydrogens (tertiary/aromatic N) is 3. The number of carbonyl (C=O) groups is 2. The van der Waals surface area contributed by atoms with Crippen molar-refractivity contribution in [3.63, 3.8) is 0 Å². The van der Waals surface area contributed by atoms with Gasteiger partial charge in [0.25, 0.3) is 0 Å². The van der Waals surface area contributed by atoms with Gasteiger partial charge in [-0.05, 0) is 0 Å². The molecule has 0 saturated carbocycles. The van der Waals surface area contributed by atoms with Gasteiger partial charge < -0.3 is 9.84 Å². The fourth-order valence-electron chi connectivity index (χ4n) is 1.38. The Morgan fingerprint density at radius 1 is 1.37 bits per heavy atom. The van der Waals surface area contributed by atoms with E-state index in [2.05, 4.69) is 15.0 Å². The van der Waals surface area contributed by atoms with Crippen LogP contribution >= 0.6 is 11.3 Å². The molecule has 0 aliphatic heterocycles. The van der Waals surface area contributed by atoms with E-state index in [0.717, 1.165) is 11.3 Å². The van der Waals surface area contributed by atoms with Crippen molar-refractivity contribution < 1.29 is 19.4 Å². The monoisotopic (exact) mass is 279 g/mol. The van der Waals surface area contributed by atoms with Crippen molar-refractivity contribution in [3.05, 3.63) is 23.0 Å². The summed E-state index contributed by atoms with van der Waals surface area (Å²) in [6.07, 6.45) is 1.28. The van der Waals surface area contributed by atoms with Crippen LogP contribution in [0.15, 0.2) is 12.4 Å². The molecule has 2 aromatic heterocycles. The van der Waals surface area contributed by atoms with E-state index in [9.17, 15) is 9.59 Å². The third-order valence-corrected chi connectivity index (χ3v) is 3.40. The van der Waals surface area contributed by atoms with E-state index in [0.29, 0.717) is 16.6 Å². The summed E-state index contributed by atoms with van der Waals surface area (Å²) in [6.45, 7) is 1.30. The first kappa shape index (κ1) is 13.1. The molecule has 0 spiro atoms. The van der Waals surface area contributed by atoms with Gasteiger partial charge >= 0.3 is 5.97 Å². The first-order valence-corrected chi connectivity index (χ1v) is 5.96. The highest BCUT2D eigenvalue weighted by Gasteiger charge is 2.21. The number of hydrogen-bond donors (Lipinski definition) is 1. The minimum atomic E-state index is -1.24. The van der Waals surface area contributed by atoms with Gasteiger partial charge in [-0.2, -0.15) is 0 Å². The first-order valence-electron chi connectivity index (χ1n) is 5.14. The molecule has 0 fully saturated rings. The van der Waals surface area contributed by atoms with Crippen LogP contribution in [-0.4, -0.2) is 38.9 Å². The Kier molecular flexibility index (Phi) is 3.52. The van der Waals surface area contributed by atoms with Crippen molar-refractivity contribution in [1.82, 2.24) is 15.0 Å². The van der Waals surface area contributed by atoms with E-state index in [1.165, 1.54) is 26.4 Å². The van der Waals surface area contributed by atoms with Crippen molar-refractivity contribution in [3.8, 4) is 16.6 Å². The van der Waals surface area contributed by atoms with Crippen LogP contribution in [0.4, 0.5) is 0 Å². The lowest BCUT2D eigenvalue weighted by Crippen LogP contribution is -2.03. The van der Waals surface area contributed by atoms with E-state index in [1.807, 2.05) is 0 Å². The second kappa shape index (κ2) is 5.11. The summed E-state index contributed by atoms with van der Waals surface area (Å²) >= 11 is 0.981. The zero-order valence-corrected chi connectivity index (χ0v) is 10.9. The summed E-state index contributed by atoms with van der Waals surface area (Å²) in [5, 5.41) is 9.35. The Bertz CT molecular complexity index is 622. The van der Waals surface area contributed by atoms with Crippen LogP contribution in [-0.2, 0) is 0 Å². The third kappa shape index (κ3) is 2.58. The molecular weight excluding hydrogens is 270 g/mol. The Balaban J connectivity index is 2.53. The van der Waals surface area contributed by atoms with Gasteiger partial charge in [-0.15, -0.1) is 11.3 Å².